The minimum atomic E-state index is -5.03. The fourth-order valence-corrected chi connectivity index (χ4v) is 6.21. The van der Waals surface area contributed by atoms with Crippen LogP contribution in [0.4, 0.5) is 35.5 Å². The molecule has 0 bridgehead atoms. The van der Waals surface area contributed by atoms with Crippen LogP contribution in [-0.2, 0) is 33.2 Å². The number of carbonyl (C=O) groups excluding carboxylic acids is 1. The van der Waals surface area contributed by atoms with Crippen LogP contribution in [0.15, 0.2) is 72.8 Å². The molecule has 2 saturated heterocycles. The van der Waals surface area contributed by atoms with Gasteiger partial charge in [-0.2, -0.15) is 26.3 Å². The summed E-state index contributed by atoms with van der Waals surface area (Å²) >= 11 is 0. The molecular weight excluding hydrogens is 649 g/mol. The Labute approximate surface area is 273 Å². The molecular formula is C34H35F7N2O5. The highest BCUT2D eigenvalue weighted by molar-refractivity contribution is 5.67. The number of carbonyl (C=O) groups is 1. The predicted octanol–water partition coefficient (Wildman–Crippen LogP) is 8.05. The molecule has 4 atom stereocenters. The molecule has 5 rings (SSSR count). The van der Waals surface area contributed by atoms with E-state index in [1.54, 1.807) is 0 Å². The van der Waals surface area contributed by atoms with Gasteiger partial charge in [0, 0.05) is 11.8 Å². The third-order valence-corrected chi connectivity index (χ3v) is 8.83. The number of hydrogen-bond donors (Lipinski definition) is 0. The van der Waals surface area contributed by atoms with E-state index < -0.39 is 64.3 Å². The molecule has 14 heteroatoms. The molecule has 3 aromatic rings. The molecule has 260 valence electrons. The Kier molecular flexibility index (Phi) is 10.7. The minimum Gasteiger partial charge on any atom is -0.633 e. The SMILES string of the molecule is C[C@@H](O[C@H]1OCC[C@@H](C[N+]2([O-])CCN(C(=O)OCc3ccccc3)CC2)[C@@H]1c1ccc(F)cc1)c1cc(C(F)(F)F)cc(C(F)(F)F)c1. The van der Waals surface area contributed by atoms with Crippen molar-refractivity contribution in [1.29, 1.82) is 0 Å². The summed E-state index contributed by atoms with van der Waals surface area (Å²) in [7, 11) is 0. The van der Waals surface area contributed by atoms with Crippen molar-refractivity contribution in [2.24, 2.45) is 5.92 Å². The van der Waals surface area contributed by atoms with E-state index in [2.05, 4.69) is 0 Å². The lowest BCUT2D eigenvalue weighted by atomic mass is 9.81. The second kappa shape index (κ2) is 14.4. The minimum absolute atomic E-state index is 0.0462. The Balaban J connectivity index is 1.31. The first-order valence-corrected chi connectivity index (χ1v) is 15.5. The van der Waals surface area contributed by atoms with E-state index in [0.29, 0.717) is 24.1 Å². The number of rotatable bonds is 8. The molecule has 3 aromatic carbocycles. The first-order chi connectivity index (χ1) is 22.6. The van der Waals surface area contributed by atoms with Crippen molar-refractivity contribution in [3.8, 4) is 0 Å². The van der Waals surface area contributed by atoms with E-state index >= 15 is 0 Å². The second-order valence-electron chi connectivity index (χ2n) is 12.2. The van der Waals surface area contributed by atoms with Crippen LogP contribution >= 0.6 is 0 Å². The number of hydroxylamine groups is 3. The number of quaternary nitrogens is 1. The maximum atomic E-state index is 14.0. The fourth-order valence-electron chi connectivity index (χ4n) is 6.21. The number of piperazine rings is 1. The van der Waals surface area contributed by atoms with Gasteiger partial charge >= 0.3 is 18.4 Å². The average molecular weight is 685 g/mol. The molecule has 0 radical (unpaired) electrons. The summed E-state index contributed by atoms with van der Waals surface area (Å²) in [5.74, 6) is -1.64. The lowest BCUT2D eigenvalue weighted by molar-refractivity contribution is -0.888. The van der Waals surface area contributed by atoms with Gasteiger partial charge in [-0.15, -0.1) is 0 Å². The molecule has 0 aromatic heterocycles. The summed E-state index contributed by atoms with van der Waals surface area (Å²) in [6.45, 7) is 2.02. The Morgan fingerprint density at radius 1 is 0.958 bits per heavy atom. The normalized spacial score (nSPS) is 22.3. The maximum Gasteiger partial charge on any atom is 0.416 e. The molecule has 7 nitrogen and oxygen atoms in total. The lowest BCUT2D eigenvalue weighted by Crippen LogP contribution is -2.59. The van der Waals surface area contributed by atoms with Crippen LogP contribution < -0.4 is 0 Å². The van der Waals surface area contributed by atoms with Crippen molar-refractivity contribution in [2.45, 2.75) is 50.6 Å². The molecule has 0 aliphatic carbocycles. The third-order valence-electron chi connectivity index (χ3n) is 8.83. The number of halogens is 7. The molecule has 2 fully saturated rings. The molecule has 0 spiro atoms. The number of amides is 1. The van der Waals surface area contributed by atoms with Crippen molar-refractivity contribution in [2.75, 3.05) is 39.3 Å². The highest BCUT2D eigenvalue weighted by Crippen LogP contribution is 2.42. The Bertz CT molecular complexity index is 1500. The van der Waals surface area contributed by atoms with Crippen LogP contribution in [0.2, 0.25) is 0 Å². The van der Waals surface area contributed by atoms with Crippen molar-refractivity contribution in [3.05, 3.63) is 112 Å². The van der Waals surface area contributed by atoms with Gasteiger partial charge in [-0.25, -0.2) is 9.18 Å². The van der Waals surface area contributed by atoms with Gasteiger partial charge in [0.2, 0.25) is 0 Å². The molecule has 0 unspecified atom stereocenters. The number of benzene rings is 3. The summed E-state index contributed by atoms with van der Waals surface area (Å²) in [4.78, 5) is 14.1. The monoisotopic (exact) mass is 684 g/mol. The van der Waals surface area contributed by atoms with E-state index in [9.17, 15) is 40.7 Å². The van der Waals surface area contributed by atoms with Crippen molar-refractivity contribution >= 4 is 6.09 Å². The van der Waals surface area contributed by atoms with Crippen LogP contribution in [0.5, 0.6) is 0 Å². The zero-order valence-corrected chi connectivity index (χ0v) is 26.0. The molecule has 0 saturated carbocycles. The van der Waals surface area contributed by atoms with E-state index in [1.165, 1.54) is 36.1 Å². The lowest BCUT2D eigenvalue weighted by Gasteiger charge is -2.51. The van der Waals surface area contributed by atoms with Crippen LogP contribution in [-0.4, -0.2) is 61.3 Å². The summed E-state index contributed by atoms with van der Waals surface area (Å²) in [6, 6.07) is 15.8. The zero-order chi connectivity index (χ0) is 34.7. The number of nitrogens with zero attached hydrogens (tertiary/aromatic N) is 2. The van der Waals surface area contributed by atoms with Gasteiger partial charge in [-0.05, 0) is 60.4 Å². The van der Waals surface area contributed by atoms with E-state index in [0.717, 1.165) is 5.56 Å². The van der Waals surface area contributed by atoms with Gasteiger partial charge in [-0.3, -0.25) is 4.90 Å². The van der Waals surface area contributed by atoms with Crippen LogP contribution in [0, 0.1) is 16.9 Å². The Hall–Kier alpha value is -3.72. The first kappa shape index (κ1) is 35.6. The van der Waals surface area contributed by atoms with Gasteiger partial charge in [0.25, 0.3) is 0 Å². The molecule has 0 N–H and O–H groups in total. The van der Waals surface area contributed by atoms with Gasteiger partial charge < -0.3 is 24.1 Å². The molecule has 1 amide bonds. The summed E-state index contributed by atoms with van der Waals surface area (Å²) in [5, 5.41) is 14.0. The van der Waals surface area contributed by atoms with Crippen molar-refractivity contribution in [1.82, 2.24) is 4.90 Å². The number of hydrogen-bond acceptors (Lipinski definition) is 5. The Morgan fingerprint density at radius 3 is 2.15 bits per heavy atom. The fraction of sp³-hybridized carbons (Fsp3) is 0.441. The van der Waals surface area contributed by atoms with Crippen molar-refractivity contribution in [3.63, 3.8) is 0 Å². The smallest absolute Gasteiger partial charge is 0.416 e. The standard InChI is InChI=1S/C34H35F7N2O5/c1-22(26-17-27(33(36,37)38)19-28(18-26)34(39,40)41)48-31-30(24-7-9-29(35)10-8-24)25(11-16-46-31)20-43(45)14-12-42(13-15-43)32(44)47-21-23-5-3-2-4-6-23/h2-10,17-19,22,25,30-31H,11-16,20-21H2,1H3/t22-,25+,30+,31-/m1/s1. The number of alkyl halides is 6. The van der Waals surface area contributed by atoms with Gasteiger partial charge in [0.1, 0.15) is 12.4 Å². The molecule has 2 aliphatic rings. The maximum absolute atomic E-state index is 14.0. The second-order valence-corrected chi connectivity index (χ2v) is 12.2. The average Bonchev–Trinajstić information content (AvgIpc) is 3.04. The zero-order valence-electron chi connectivity index (χ0n) is 26.0. The van der Waals surface area contributed by atoms with E-state index in [-0.39, 0.29) is 57.6 Å². The van der Waals surface area contributed by atoms with Crippen LogP contribution in [0.25, 0.3) is 0 Å². The molecule has 2 heterocycles. The highest BCUT2D eigenvalue weighted by atomic mass is 19.4. The van der Waals surface area contributed by atoms with Crippen LogP contribution in [0.1, 0.15) is 53.2 Å². The van der Waals surface area contributed by atoms with E-state index in [1.807, 2.05) is 30.3 Å². The molecule has 48 heavy (non-hydrogen) atoms. The largest absolute Gasteiger partial charge is 0.633 e. The highest BCUT2D eigenvalue weighted by Gasteiger charge is 2.43. The summed E-state index contributed by atoms with van der Waals surface area (Å²) in [6.07, 6.45) is -12.7. The molecule has 2 aliphatic heterocycles. The van der Waals surface area contributed by atoms with Gasteiger partial charge in [-0.1, -0.05) is 42.5 Å². The quantitative estimate of drug-likeness (QED) is 0.137. The van der Waals surface area contributed by atoms with Crippen LogP contribution in [0.3, 0.4) is 0 Å². The first-order valence-electron chi connectivity index (χ1n) is 15.5. The third kappa shape index (κ3) is 8.84. The van der Waals surface area contributed by atoms with Gasteiger partial charge in [0.15, 0.2) is 6.29 Å². The van der Waals surface area contributed by atoms with Crippen molar-refractivity contribution < 1.29 is 54.4 Å². The van der Waals surface area contributed by atoms with E-state index in [4.69, 9.17) is 14.2 Å². The Morgan fingerprint density at radius 2 is 1.56 bits per heavy atom. The predicted molar refractivity (Wildman–Crippen MR) is 159 cm³/mol. The summed E-state index contributed by atoms with van der Waals surface area (Å²) in [5.41, 5.74) is -1.94. The number of ether oxygens (including phenoxy) is 3. The van der Waals surface area contributed by atoms with Gasteiger partial charge in [0.05, 0.1) is 56.6 Å². The topological polar surface area (TPSA) is 71.1 Å². The summed E-state index contributed by atoms with van der Waals surface area (Å²) < 4.78 is 112.